The topological polar surface area (TPSA) is 195 Å². The van der Waals surface area contributed by atoms with Crippen molar-refractivity contribution in [3.63, 3.8) is 0 Å². The number of hydrogen-bond donors (Lipinski definition) is 4. The number of hydrogen-bond acceptors (Lipinski definition) is 8. The van der Waals surface area contributed by atoms with Gasteiger partial charge in [-0.15, -0.1) is 0 Å². The molecule has 0 aromatic heterocycles. The number of carbonyl (C=O) groups is 4. The maximum atomic E-state index is 10.4. The summed E-state index contributed by atoms with van der Waals surface area (Å²) in [5, 5.41) is 53.0. The Bertz CT molecular complexity index is 538. The summed E-state index contributed by atoms with van der Waals surface area (Å²) in [7, 11) is 0. The Hall–Kier alpha value is 0.293. The van der Waals surface area contributed by atoms with Crippen molar-refractivity contribution < 1.29 is 153 Å². The molecule has 0 saturated carbocycles. The zero-order chi connectivity index (χ0) is 17.4. The first-order valence-corrected chi connectivity index (χ1v) is 5.43. The Morgan fingerprint density at radius 3 is 1.46 bits per heavy atom. The van der Waals surface area contributed by atoms with Crippen molar-refractivity contribution in [3.05, 3.63) is 35.4 Å². The van der Waals surface area contributed by atoms with Gasteiger partial charge >= 0.3 is 115 Å². The Balaban J connectivity index is -0.000000345. The van der Waals surface area contributed by atoms with Crippen LogP contribution in [-0.4, -0.2) is 56.5 Å². The molecule has 1 aromatic rings. The normalized spacial score (nSPS) is 11.2. The Kier molecular flexibility index (Phi) is 17.5. The first kappa shape index (κ1) is 29.1. The maximum Gasteiger partial charge on any atom is 1.00 e. The summed E-state index contributed by atoms with van der Waals surface area (Å²) in [5.41, 5.74) is -0.553. The third kappa shape index (κ3) is 10.3. The monoisotopic (exact) mass is 392 g/mol. The number of carbonyl (C=O) groups excluding carboxylic acids is 2. The van der Waals surface area contributed by atoms with Gasteiger partial charge in [0.05, 0.1) is 17.5 Å². The minimum absolute atomic E-state index is 0. The molecule has 4 N–H and O–H groups in total. The average molecular weight is 392 g/mol. The van der Waals surface area contributed by atoms with Gasteiger partial charge in [0.2, 0.25) is 0 Å². The third-order valence-electron chi connectivity index (χ3n) is 2.17. The van der Waals surface area contributed by atoms with Gasteiger partial charge < -0.3 is 40.2 Å². The molecule has 1 rings (SSSR count). The standard InChI is InChI=1S/C8H6O4.C4H6O6.2K/c9-7(10)5-3-1-2-4-6(5)8(11)12;5-1(3(7)8)2(6)4(9)10;;/h1-4H,(H,9,10)(H,11,12);1-2,5-6H,(H,7,8)(H,9,10);;/q;;2*+1/p-2. The fraction of sp³-hybridized carbons (Fsp3) is 0.167. The van der Waals surface area contributed by atoms with Crippen LogP contribution in [0.5, 0.6) is 0 Å². The van der Waals surface area contributed by atoms with Gasteiger partial charge in [-0.3, -0.25) is 0 Å². The molecule has 0 saturated heterocycles. The van der Waals surface area contributed by atoms with E-state index in [-0.39, 0.29) is 114 Å². The van der Waals surface area contributed by atoms with E-state index >= 15 is 0 Å². The predicted octanol–water partition coefficient (Wildman–Crippen LogP) is -9.70. The largest absolute Gasteiger partial charge is 1.00 e. The minimum atomic E-state index is -2.38. The van der Waals surface area contributed by atoms with Crippen LogP contribution in [0.3, 0.4) is 0 Å². The summed E-state index contributed by atoms with van der Waals surface area (Å²) in [4.78, 5) is 40.2. The van der Waals surface area contributed by atoms with E-state index in [1.165, 1.54) is 24.3 Å². The van der Waals surface area contributed by atoms with Crippen molar-refractivity contribution in [2.45, 2.75) is 12.2 Å². The minimum Gasteiger partial charge on any atom is -0.547 e. The number of carboxylic acids is 4. The molecular formula is C12H10K2O10. The molecule has 120 valence electrons. The summed E-state index contributed by atoms with van der Waals surface area (Å²) in [5.74, 6) is -6.57. The summed E-state index contributed by atoms with van der Waals surface area (Å²) in [6, 6.07) is 5.31. The van der Waals surface area contributed by atoms with E-state index in [0.29, 0.717) is 0 Å². The fourth-order valence-corrected chi connectivity index (χ4v) is 1.11. The van der Waals surface area contributed by atoms with Crippen molar-refractivity contribution in [2.75, 3.05) is 0 Å². The van der Waals surface area contributed by atoms with Crippen molar-refractivity contribution >= 4 is 23.9 Å². The zero-order valence-corrected chi connectivity index (χ0v) is 18.9. The number of aliphatic hydroxyl groups is 2. The summed E-state index contributed by atoms with van der Waals surface area (Å²) < 4.78 is 0. The van der Waals surface area contributed by atoms with Crippen molar-refractivity contribution in [1.82, 2.24) is 0 Å². The average Bonchev–Trinajstić information content (AvgIpc) is 2.45. The molecule has 0 bridgehead atoms. The van der Waals surface area contributed by atoms with E-state index in [0.717, 1.165) is 0 Å². The van der Waals surface area contributed by atoms with Gasteiger partial charge in [-0.05, 0) is 6.07 Å². The van der Waals surface area contributed by atoms with Gasteiger partial charge in [0.15, 0.2) is 6.10 Å². The first-order chi connectivity index (χ1) is 10.1. The van der Waals surface area contributed by atoms with Gasteiger partial charge in [0.1, 0.15) is 6.10 Å². The molecule has 10 nitrogen and oxygen atoms in total. The van der Waals surface area contributed by atoms with Gasteiger partial charge in [-0.1, -0.05) is 18.2 Å². The van der Waals surface area contributed by atoms with Gasteiger partial charge in [0.25, 0.3) is 0 Å². The van der Waals surface area contributed by atoms with Crippen LogP contribution in [0.25, 0.3) is 0 Å². The molecule has 0 amide bonds. The number of carboxylic acid groups (broad SMARTS) is 4. The van der Waals surface area contributed by atoms with Crippen LogP contribution in [0.4, 0.5) is 0 Å². The Labute approximate surface area is 220 Å². The molecule has 0 aliphatic rings. The third-order valence-corrected chi connectivity index (χ3v) is 2.17. The van der Waals surface area contributed by atoms with E-state index in [9.17, 15) is 29.4 Å². The van der Waals surface area contributed by atoms with Gasteiger partial charge in [-0.25, -0.2) is 9.59 Å². The number of aromatic carboxylic acids is 2. The van der Waals surface area contributed by atoms with Crippen molar-refractivity contribution in [2.24, 2.45) is 0 Å². The van der Waals surface area contributed by atoms with Gasteiger partial charge in [0, 0.05) is 5.56 Å². The van der Waals surface area contributed by atoms with Crippen LogP contribution in [0.2, 0.25) is 0 Å². The molecule has 2 atom stereocenters. The quantitative estimate of drug-likeness (QED) is 0.349. The van der Waals surface area contributed by atoms with Crippen LogP contribution in [0.15, 0.2) is 24.3 Å². The molecular weight excluding hydrogens is 382 g/mol. The van der Waals surface area contributed by atoms with E-state index in [2.05, 4.69) is 0 Å². The number of aliphatic carboxylic acids is 2. The number of benzene rings is 1. The van der Waals surface area contributed by atoms with E-state index < -0.39 is 36.1 Å². The molecule has 12 heteroatoms. The van der Waals surface area contributed by atoms with Gasteiger partial charge in [-0.2, -0.15) is 0 Å². The summed E-state index contributed by atoms with van der Waals surface area (Å²) >= 11 is 0. The van der Waals surface area contributed by atoms with E-state index in [1.807, 2.05) is 0 Å². The summed E-state index contributed by atoms with van der Waals surface area (Å²) in [6.45, 7) is 0. The second kappa shape index (κ2) is 14.5. The van der Waals surface area contributed by atoms with Crippen LogP contribution in [0.1, 0.15) is 20.7 Å². The van der Waals surface area contributed by atoms with E-state index in [4.69, 9.17) is 20.4 Å². The van der Waals surface area contributed by atoms with Crippen LogP contribution in [-0.2, 0) is 9.59 Å². The van der Waals surface area contributed by atoms with Crippen LogP contribution < -0.4 is 113 Å². The number of aliphatic hydroxyl groups excluding tert-OH is 2. The molecule has 0 fully saturated rings. The fourth-order valence-electron chi connectivity index (χ4n) is 1.11. The first-order valence-electron chi connectivity index (χ1n) is 5.43. The molecule has 0 radical (unpaired) electrons. The molecule has 0 heterocycles. The van der Waals surface area contributed by atoms with Crippen LogP contribution >= 0.6 is 0 Å². The predicted molar refractivity (Wildman–Crippen MR) is 62.4 cm³/mol. The number of rotatable bonds is 5. The molecule has 0 spiro atoms. The maximum absolute atomic E-state index is 10.4. The SMILES string of the molecule is O=C([O-])C(O)C(O)C(=O)O.O=C([O-])c1ccccc1C(=O)O.[K+].[K+]. The molecule has 0 aliphatic heterocycles. The van der Waals surface area contributed by atoms with Crippen molar-refractivity contribution in [3.8, 4) is 0 Å². The van der Waals surface area contributed by atoms with Crippen LogP contribution in [0, 0.1) is 0 Å². The van der Waals surface area contributed by atoms with E-state index in [1.54, 1.807) is 0 Å². The second-order valence-corrected chi connectivity index (χ2v) is 3.69. The second-order valence-electron chi connectivity index (χ2n) is 3.69. The molecule has 24 heavy (non-hydrogen) atoms. The Morgan fingerprint density at radius 2 is 1.25 bits per heavy atom. The summed E-state index contributed by atoms with van der Waals surface area (Å²) in [6.07, 6.45) is -4.71. The zero-order valence-electron chi connectivity index (χ0n) is 12.7. The molecule has 2 unspecified atom stereocenters. The smallest absolute Gasteiger partial charge is 0.547 e. The Morgan fingerprint density at radius 1 is 0.833 bits per heavy atom. The van der Waals surface area contributed by atoms with Crippen molar-refractivity contribution in [1.29, 1.82) is 0 Å². The molecule has 1 aromatic carbocycles. The molecule has 0 aliphatic carbocycles.